The summed E-state index contributed by atoms with van der Waals surface area (Å²) in [5.74, 6) is 0.480. The van der Waals surface area contributed by atoms with Gasteiger partial charge in [0.1, 0.15) is 5.75 Å². The Kier molecular flexibility index (Phi) is 6.57. The highest BCUT2D eigenvalue weighted by Gasteiger charge is 2.14. The zero-order valence-electron chi connectivity index (χ0n) is 14.9. The van der Waals surface area contributed by atoms with E-state index in [-0.39, 0.29) is 18.4 Å². The van der Waals surface area contributed by atoms with E-state index in [1.54, 1.807) is 12.0 Å². The summed E-state index contributed by atoms with van der Waals surface area (Å²) in [6.07, 6.45) is 0.682. The summed E-state index contributed by atoms with van der Waals surface area (Å²) in [6, 6.07) is 15.3. The van der Waals surface area contributed by atoms with Gasteiger partial charge in [0.25, 0.3) is 0 Å². The highest BCUT2D eigenvalue weighted by molar-refractivity contribution is 5.94. The van der Waals surface area contributed by atoms with Crippen molar-refractivity contribution in [3.05, 3.63) is 59.7 Å². The standard InChI is InChI=1S/C20H24N2O3/c1-15-5-4-6-18(13-15)21-20(24)14-22(16(2)23)12-11-17-7-9-19(25-3)10-8-17/h4-10,13H,11-12,14H2,1-3H3,(H,21,24). The van der Waals surface area contributed by atoms with Gasteiger partial charge < -0.3 is 15.0 Å². The van der Waals surface area contributed by atoms with E-state index >= 15 is 0 Å². The van der Waals surface area contributed by atoms with Crippen LogP contribution >= 0.6 is 0 Å². The molecule has 2 aromatic carbocycles. The molecule has 0 fully saturated rings. The Morgan fingerprint density at radius 1 is 1.12 bits per heavy atom. The monoisotopic (exact) mass is 340 g/mol. The average molecular weight is 340 g/mol. The zero-order valence-corrected chi connectivity index (χ0v) is 14.9. The van der Waals surface area contributed by atoms with Crippen LogP contribution in [0.5, 0.6) is 5.75 Å². The SMILES string of the molecule is COc1ccc(CCN(CC(=O)Nc2cccc(C)c2)C(C)=O)cc1. The fourth-order valence-corrected chi connectivity index (χ4v) is 2.50. The highest BCUT2D eigenvalue weighted by atomic mass is 16.5. The van der Waals surface area contributed by atoms with Crippen LogP contribution in [0.3, 0.4) is 0 Å². The lowest BCUT2D eigenvalue weighted by molar-refractivity contribution is -0.132. The first-order valence-corrected chi connectivity index (χ1v) is 8.23. The van der Waals surface area contributed by atoms with Crippen molar-refractivity contribution < 1.29 is 14.3 Å². The molecule has 0 heterocycles. The Hall–Kier alpha value is -2.82. The molecule has 5 heteroatoms. The molecule has 2 rings (SSSR count). The third-order valence-electron chi connectivity index (χ3n) is 3.91. The van der Waals surface area contributed by atoms with E-state index < -0.39 is 0 Å². The molecule has 132 valence electrons. The first-order valence-electron chi connectivity index (χ1n) is 8.23. The van der Waals surface area contributed by atoms with Crippen LogP contribution in [0, 0.1) is 6.92 Å². The summed E-state index contributed by atoms with van der Waals surface area (Å²) < 4.78 is 5.13. The lowest BCUT2D eigenvalue weighted by atomic mass is 10.1. The Morgan fingerprint density at radius 3 is 2.44 bits per heavy atom. The summed E-state index contributed by atoms with van der Waals surface area (Å²) in [5.41, 5.74) is 2.90. The fraction of sp³-hybridized carbons (Fsp3) is 0.300. The van der Waals surface area contributed by atoms with Crippen molar-refractivity contribution in [2.24, 2.45) is 0 Å². The summed E-state index contributed by atoms with van der Waals surface area (Å²) >= 11 is 0. The van der Waals surface area contributed by atoms with E-state index in [4.69, 9.17) is 4.74 Å². The van der Waals surface area contributed by atoms with E-state index in [0.717, 1.165) is 22.6 Å². The van der Waals surface area contributed by atoms with Crippen LogP contribution in [0.1, 0.15) is 18.1 Å². The number of benzene rings is 2. The minimum Gasteiger partial charge on any atom is -0.497 e. The van der Waals surface area contributed by atoms with Gasteiger partial charge in [0.05, 0.1) is 13.7 Å². The molecule has 2 aromatic rings. The second-order valence-corrected chi connectivity index (χ2v) is 5.96. The van der Waals surface area contributed by atoms with Crippen LogP contribution in [-0.4, -0.2) is 36.9 Å². The van der Waals surface area contributed by atoms with E-state index in [2.05, 4.69) is 5.32 Å². The molecule has 0 aliphatic rings. The lowest BCUT2D eigenvalue weighted by Gasteiger charge is -2.20. The van der Waals surface area contributed by atoms with Crippen LogP contribution in [0.2, 0.25) is 0 Å². The van der Waals surface area contributed by atoms with Crippen molar-refractivity contribution in [2.75, 3.05) is 25.5 Å². The van der Waals surface area contributed by atoms with Crippen LogP contribution in [-0.2, 0) is 16.0 Å². The van der Waals surface area contributed by atoms with Gasteiger partial charge in [-0.2, -0.15) is 0 Å². The van der Waals surface area contributed by atoms with Crippen LogP contribution < -0.4 is 10.1 Å². The third kappa shape index (κ3) is 5.95. The molecule has 0 aromatic heterocycles. The number of hydrogen-bond acceptors (Lipinski definition) is 3. The highest BCUT2D eigenvalue weighted by Crippen LogP contribution is 2.12. The maximum atomic E-state index is 12.2. The predicted molar refractivity (Wildman–Crippen MR) is 98.8 cm³/mol. The summed E-state index contributed by atoms with van der Waals surface area (Å²) in [6.45, 7) is 3.97. The largest absolute Gasteiger partial charge is 0.497 e. The van der Waals surface area contributed by atoms with Gasteiger partial charge in [-0.3, -0.25) is 9.59 Å². The molecular weight excluding hydrogens is 316 g/mol. The number of carbonyl (C=O) groups excluding carboxylic acids is 2. The normalized spacial score (nSPS) is 10.2. The van der Waals surface area contributed by atoms with Crippen LogP contribution in [0.25, 0.3) is 0 Å². The smallest absolute Gasteiger partial charge is 0.243 e. The van der Waals surface area contributed by atoms with Gasteiger partial charge >= 0.3 is 0 Å². The zero-order chi connectivity index (χ0) is 18.2. The summed E-state index contributed by atoms with van der Waals surface area (Å²) in [4.78, 5) is 25.6. The molecule has 0 saturated carbocycles. The Bertz CT molecular complexity index is 726. The van der Waals surface area contributed by atoms with Gasteiger partial charge in [0.2, 0.25) is 11.8 Å². The van der Waals surface area contributed by atoms with Crippen molar-refractivity contribution in [2.45, 2.75) is 20.3 Å². The molecule has 0 aliphatic carbocycles. The first-order chi connectivity index (χ1) is 12.0. The quantitative estimate of drug-likeness (QED) is 0.843. The topological polar surface area (TPSA) is 58.6 Å². The molecule has 0 atom stereocenters. The third-order valence-corrected chi connectivity index (χ3v) is 3.91. The van der Waals surface area contributed by atoms with Crippen molar-refractivity contribution in [3.8, 4) is 5.75 Å². The minimum atomic E-state index is -0.199. The van der Waals surface area contributed by atoms with E-state index in [0.29, 0.717) is 13.0 Å². The number of amides is 2. The number of nitrogens with zero attached hydrogens (tertiary/aromatic N) is 1. The maximum Gasteiger partial charge on any atom is 0.243 e. The lowest BCUT2D eigenvalue weighted by Crippen LogP contribution is -2.38. The average Bonchev–Trinajstić information content (AvgIpc) is 2.58. The molecule has 2 amide bonds. The second kappa shape index (κ2) is 8.87. The van der Waals surface area contributed by atoms with E-state index in [1.807, 2.05) is 55.5 Å². The number of rotatable bonds is 7. The Labute approximate surface area is 148 Å². The van der Waals surface area contributed by atoms with E-state index in [1.165, 1.54) is 6.92 Å². The molecule has 0 saturated heterocycles. The first kappa shape index (κ1) is 18.5. The minimum absolute atomic E-state index is 0.0411. The summed E-state index contributed by atoms with van der Waals surface area (Å²) in [5, 5.41) is 2.83. The Morgan fingerprint density at radius 2 is 1.84 bits per heavy atom. The van der Waals surface area contributed by atoms with Gasteiger partial charge in [-0.15, -0.1) is 0 Å². The van der Waals surface area contributed by atoms with Gasteiger partial charge in [-0.1, -0.05) is 24.3 Å². The molecular formula is C20H24N2O3. The van der Waals surface area contributed by atoms with Crippen molar-refractivity contribution in [3.63, 3.8) is 0 Å². The van der Waals surface area contributed by atoms with Gasteiger partial charge in [-0.25, -0.2) is 0 Å². The number of carbonyl (C=O) groups is 2. The number of hydrogen-bond donors (Lipinski definition) is 1. The van der Waals surface area contributed by atoms with Gasteiger partial charge in [0.15, 0.2) is 0 Å². The van der Waals surface area contributed by atoms with Gasteiger partial charge in [-0.05, 0) is 48.7 Å². The van der Waals surface area contributed by atoms with Crippen molar-refractivity contribution in [1.29, 1.82) is 0 Å². The van der Waals surface area contributed by atoms with Crippen molar-refractivity contribution >= 4 is 17.5 Å². The molecule has 0 aliphatic heterocycles. The second-order valence-electron chi connectivity index (χ2n) is 5.96. The molecule has 1 N–H and O–H groups in total. The maximum absolute atomic E-state index is 12.2. The van der Waals surface area contributed by atoms with Gasteiger partial charge in [0, 0.05) is 19.2 Å². The number of anilines is 1. The summed E-state index contributed by atoms with van der Waals surface area (Å²) in [7, 11) is 1.62. The molecule has 0 unspecified atom stereocenters. The molecule has 5 nitrogen and oxygen atoms in total. The molecule has 25 heavy (non-hydrogen) atoms. The molecule has 0 radical (unpaired) electrons. The Balaban J connectivity index is 1.91. The van der Waals surface area contributed by atoms with E-state index in [9.17, 15) is 9.59 Å². The number of nitrogens with one attached hydrogen (secondary N) is 1. The predicted octanol–water partition coefficient (Wildman–Crippen LogP) is 3.03. The fourth-order valence-electron chi connectivity index (χ4n) is 2.50. The molecule has 0 bridgehead atoms. The van der Waals surface area contributed by atoms with Crippen molar-refractivity contribution in [1.82, 2.24) is 4.90 Å². The number of aryl methyl sites for hydroxylation is 1. The number of ether oxygens (including phenoxy) is 1. The molecule has 0 spiro atoms. The number of methoxy groups -OCH3 is 1. The van der Waals surface area contributed by atoms with Crippen LogP contribution in [0.4, 0.5) is 5.69 Å². The van der Waals surface area contributed by atoms with Crippen LogP contribution in [0.15, 0.2) is 48.5 Å².